The Labute approximate surface area is 205 Å². The fraction of sp³-hybridized carbons (Fsp3) is 0.259. The van der Waals surface area contributed by atoms with Crippen LogP contribution in [-0.4, -0.2) is 24.6 Å². The van der Waals surface area contributed by atoms with Crippen LogP contribution in [-0.2, 0) is 20.3 Å². The van der Waals surface area contributed by atoms with Crippen LogP contribution in [0.1, 0.15) is 36.2 Å². The van der Waals surface area contributed by atoms with E-state index in [0.29, 0.717) is 5.75 Å². The summed E-state index contributed by atoms with van der Waals surface area (Å²) in [5, 5.41) is 1.76. The monoisotopic (exact) mass is 491 g/mol. The van der Waals surface area contributed by atoms with Crippen LogP contribution in [0.5, 0.6) is 0 Å². The van der Waals surface area contributed by atoms with Gasteiger partial charge in [0.1, 0.15) is 5.03 Å². The highest BCUT2D eigenvalue weighted by Crippen LogP contribution is 2.37. The molecule has 176 valence electrons. The van der Waals surface area contributed by atoms with E-state index in [0.717, 1.165) is 55.1 Å². The zero-order valence-corrected chi connectivity index (χ0v) is 21.7. The maximum absolute atomic E-state index is 12.6. The number of nitrogens with zero attached hydrogens (tertiary/aromatic N) is 2. The lowest BCUT2D eigenvalue weighted by molar-refractivity contribution is 0.561. The van der Waals surface area contributed by atoms with Gasteiger partial charge in [-0.15, -0.1) is 0 Å². The van der Waals surface area contributed by atoms with Crippen LogP contribution in [0.4, 0.5) is 5.69 Å². The molecule has 0 spiro atoms. The Morgan fingerprint density at radius 2 is 1.79 bits per heavy atom. The molecular weight excluding hydrogens is 462 g/mol. The van der Waals surface area contributed by atoms with E-state index < -0.39 is 14.6 Å². The van der Waals surface area contributed by atoms with Gasteiger partial charge in [0.2, 0.25) is 0 Å². The van der Waals surface area contributed by atoms with Crippen LogP contribution in [0.2, 0.25) is 0 Å². The number of aromatic nitrogens is 2. The molecule has 0 saturated heterocycles. The SMILES string of the molecule is Cc1cc(C)c(N)c(SCc2cccc(-c3cc(C(C)(C)S(C)(=O)=O)cc4cccnc34)c2)n1. The molecule has 0 bridgehead atoms. The lowest BCUT2D eigenvalue weighted by Crippen LogP contribution is -2.28. The first-order valence-electron chi connectivity index (χ1n) is 11.0. The minimum absolute atomic E-state index is 0.716. The van der Waals surface area contributed by atoms with Gasteiger partial charge in [-0.3, -0.25) is 4.98 Å². The normalized spacial score (nSPS) is 12.3. The van der Waals surface area contributed by atoms with Crippen LogP contribution in [0.3, 0.4) is 0 Å². The number of nitrogen functional groups attached to an aromatic ring is 1. The highest BCUT2D eigenvalue weighted by molar-refractivity contribution is 7.98. The fourth-order valence-corrected chi connectivity index (χ4v) is 5.43. The molecule has 2 aromatic heterocycles. The molecule has 2 N–H and O–H groups in total. The van der Waals surface area contributed by atoms with Crippen molar-refractivity contribution in [2.24, 2.45) is 0 Å². The van der Waals surface area contributed by atoms with E-state index >= 15 is 0 Å². The highest BCUT2D eigenvalue weighted by atomic mass is 32.2. The van der Waals surface area contributed by atoms with E-state index in [1.165, 1.54) is 6.26 Å². The number of hydrogen-bond acceptors (Lipinski definition) is 6. The number of rotatable bonds is 6. The number of aryl methyl sites for hydroxylation is 2. The Hall–Kier alpha value is -2.90. The van der Waals surface area contributed by atoms with Crippen molar-refractivity contribution in [3.8, 4) is 11.1 Å². The highest BCUT2D eigenvalue weighted by Gasteiger charge is 2.33. The van der Waals surface area contributed by atoms with Crippen LogP contribution in [0, 0.1) is 13.8 Å². The minimum Gasteiger partial charge on any atom is -0.396 e. The largest absolute Gasteiger partial charge is 0.396 e. The third-order valence-electron chi connectivity index (χ3n) is 6.30. The Balaban J connectivity index is 1.76. The van der Waals surface area contributed by atoms with Crippen molar-refractivity contribution < 1.29 is 8.42 Å². The molecule has 0 unspecified atom stereocenters. The Morgan fingerprint density at radius 3 is 2.53 bits per heavy atom. The number of sulfone groups is 1. The summed E-state index contributed by atoms with van der Waals surface area (Å²) >= 11 is 1.62. The minimum atomic E-state index is -3.32. The summed E-state index contributed by atoms with van der Waals surface area (Å²) in [6, 6.07) is 18.0. The number of fused-ring (bicyclic) bond motifs is 1. The van der Waals surface area contributed by atoms with E-state index in [1.54, 1.807) is 31.8 Å². The number of nitrogens with two attached hydrogens (primary N) is 1. The molecule has 0 atom stereocenters. The van der Waals surface area contributed by atoms with Gasteiger partial charge >= 0.3 is 0 Å². The quantitative estimate of drug-likeness (QED) is 0.330. The second-order valence-corrected chi connectivity index (χ2v) is 12.7. The van der Waals surface area contributed by atoms with Crippen molar-refractivity contribution in [3.63, 3.8) is 0 Å². The van der Waals surface area contributed by atoms with Crippen LogP contribution >= 0.6 is 11.8 Å². The molecule has 2 aromatic carbocycles. The van der Waals surface area contributed by atoms with Crippen molar-refractivity contribution in [1.29, 1.82) is 0 Å². The summed E-state index contributed by atoms with van der Waals surface area (Å²) in [4.78, 5) is 9.22. The van der Waals surface area contributed by atoms with Gasteiger partial charge in [-0.2, -0.15) is 0 Å². The van der Waals surface area contributed by atoms with Gasteiger partial charge in [0.05, 0.1) is 16.0 Å². The van der Waals surface area contributed by atoms with Gasteiger partial charge in [-0.05, 0) is 74.2 Å². The average molecular weight is 492 g/mol. The predicted octanol–water partition coefficient (Wildman–Crippen LogP) is 6.07. The molecule has 2 heterocycles. The number of anilines is 1. The molecule has 0 aliphatic heterocycles. The van der Waals surface area contributed by atoms with E-state index in [1.807, 2.05) is 56.3 Å². The fourth-order valence-electron chi connectivity index (χ4n) is 3.88. The standard InChI is InChI=1S/C27H29N3O2S2/c1-17-12-18(2)30-26(24(17)28)33-16-19-8-6-9-20(13-19)23-15-22(27(3,4)34(5,31)32)14-21-10-7-11-29-25(21)23/h6-15H,16,28H2,1-5H3. The first-order chi connectivity index (χ1) is 16.0. The molecule has 0 aliphatic rings. The van der Waals surface area contributed by atoms with E-state index in [-0.39, 0.29) is 0 Å². The van der Waals surface area contributed by atoms with E-state index in [4.69, 9.17) is 5.73 Å². The average Bonchev–Trinajstić information content (AvgIpc) is 2.79. The second-order valence-electron chi connectivity index (χ2n) is 9.17. The maximum atomic E-state index is 12.6. The summed E-state index contributed by atoms with van der Waals surface area (Å²) < 4.78 is 24.1. The number of benzene rings is 2. The summed E-state index contributed by atoms with van der Waals surface area (Å²) in [6.07, 6.45) is 3.05. The molecule has 0 saturated carbocycles. The molecule has 34 heavy (non-hydrogen) atoms. The molecule has 0 fully saturated rings. The second kappa shape index (κ2) is 9.04. The zero-order valence-electron chi connectivity index (χ0n) is 20.1. The number of thioether (sulfide) groups is 1. The van der Waals surface area contributed by atoms with Crippen molar-refractivity contribution >= 4 is 38.2 Å². The lowest BCUT2D eigenvalue weighted by Gasteiger charge is -2.24. The maximum Gasteiger partial charge on any atom is 0.156 e. The van der Waals surface area contributed by atoms with E-state index in [2.05, 4.69) is 22.1 Å². The predicted molar refractivity (Wildman–Crippen MR) is 143 cm³/mol. The molecule has 0 radical (unpaired) electrons. The number of pyridine rings is 2. The lowest BCUT2D eigenvalue weighted by atomic mass is 9.93. The Bertz CT molecular complexity index is 1500. The Kier molecular flexibility index (Phi) is 6.44. The zero-order chi connectivity index (χ0) is 24.7. The van der Waals surface area contributed by atoms with Gasteiger partial charge in [0.25, 0.3) is 0 Å². The molecule has 7 heteroatoms. The first-order valence-corrected chi connectivity index (χ1v) is 13.9. The van der Waals surface area contributed by atoms with Crippen molar-refractivity contribution in [1.82, 2.24) is 9.97 Å². The third kappa shape index (κ3) is 4.68. The molecular formula is C27H29N3O2S2. The summed E-state index contributed by atoms with van der Waals surface area (Å²) in [7, 11) is -3.32. The summed E-state index contributed by atoms with van der Waals surface area (Å²) in [6.45, 7) is 7.47. The molecule has 5 nitrogen and oxygen atoms in total. The van der Waals surface area contributed by atoms with Crippen molar-refractivity contribution in [2.45, 2.75) is 43.2 Å². The molecule has 0 amide bonds. The van der Waals surface area contributed by atoms with Gasteiger partial charge in [0.15, 0.2) is 9.84 Å². The van der Waals surface area contributed by atoms with Crippen molar-refractivity contribution in [2.75, 3.05) is 12.0 Å². The van der Waals surface area contributed by atoms with Gasteiger partial charge in [-0.1, -0.05) is 42.1 Å². The van der Waals surface area contributed by atoms with Crippen molar-refractivity contribution in [3.05, 3.63) is 83.2 Å². The van der Waals surface area contributed by atoms with Crippen LogP contribution in [0.25, 0.3) is 22.0 Å². The van der Waals surface area contributed by atoms with E-state index in [9.17, 15) is 8.42 Å². The topological polar surface area (TPSA) is 85.9 Å². The number of hydrogen-bond donors (Lipinski definition) is 1. The molecule has 4 rings (SSSR count). The van der Waals surface area contributed by atoms with Crippen LogP contribution < -0.4 is 5.73 Å². The molecule has 4 aromatic rings. The summed E-state index contributed by atoms with van der Waals surface area (Å²) in [5.74, 6) is 0.716. The summed E-state index contributed by atoms with van der Waals surface area (Å²) in [5.41, 5.74) is 13.6. The molecule has 0 aliphatic carbocycles. The van der Waals surface area contributed by atoms with Gasteiger partial charge in [0, 0.05) is 34.8 Å². The Morgan fingerprint density at radius 1 is 1.03 bits per heavy atom. The van der Waals surface area contributed by atoms with Crippen LogP contribution in [0.15, 0.2) is 65.8 Å². The van der Waals surface area contributed by atoms with Gasteiger partial charge < -0.3 is 5.73 Å². The van der Waals surface area contributed by atoms with Gasteiger partial charge in [-0.25, -0.2) is 13.4 Å². The third-order valence-corrected chi connectivity index (χ3v) is 9.45. The first kappa shape index (κ1) is 24.2. The smallest absolute Gasteiger partial charge is 0.156 e.